The second-order valence-corrected chi connectivity index (χ2v) is 4.47. The number of allylic oxidation sites excluding steroid dienone is 1. The summed E-state index contributed by atoms with van der Waals surface area (Å²) in [6.45, 7) is 2.14. The topological polar surface area (TPSA) is 38.0 Å². The summed E-state index contributed by atoms with van der Waals surface area (Å²) in [5.74, 6) is 0. The lowest BCUT2D eigenvalue weighted by Gasteiger charge is -2.33. The highest BCUT2D eigenvalue weighted by Crippen LogP contribution is 2.25. The normalized spacial score (nSPS) is 26.1. The van der Waals surface area contributed by atoms with E-state index >= 15 is 0 Å². The van der Waals surface area contributed by atoms with Gasteiger partial charge in [0.2, 0.25) is 0 Å². The van der Waals surface area contributed by atoms with Gasteiger partial charge in [0.1, 0.15) is 0 Å². The highest BCUT2D eigenvalue weighted by molar-refractivity contribution is 5.74. The van der Waals surface area contributed by atoms with Crippen LogP contribution >= 0.6 is 0 Å². The fourth-order valence-corrected chi connectivity index (χ4v) is 2.40. The molecule has 0 fully saturated rings. The van der Waals surface area contributed by atoms with Crippen LogP contribution in [0.25, 0.3) is 11.8 Å². The molecule has 2 heteroatoms. The molecule has 0 aromatic heterocycles. The minimum absolute atomic E-state index is 0.173. The van der Waals surface area contributed by atoms with E-state index < -0.39 is 0 Å². The molecule has 0 spiro atoms. The summed E-state index contributed by atoms with van der Waals surface area (Å²) in [6.07, 6.45) is 8.19. The maximum Gasteiger partial charge on any atom is 0.0805 e. The van der Waals surface area contributed by atoms with Crippen LogP contribution in [-0.2, 0) is 0 Å². The maximum absolute atomic E-state index is 5.85. The Hall–Kier alpha value is -1.96. The van der Waals surface area contributed by atoms with Crippen LogP contribution < -0.4 is 21.5 Å². The Labute approximate surface area is 94.5 Å². The van der Waals surface area contributed by atoms with Crippen molar-refractivity contribution in [2.75, 3.05) is 0 Å². The van der Waals surface area contributed by atoms with Crippen LogP contribution in [0.4, 0.5) is 0 Å². The van der Waals surface area contributed by atoms with Crippen molar-refractivity contribution in [2.24, 2.45) is 5.73 Å². The molecule has 0 bridgehead atoms. The maximum atomic E-state index is 5.85. The van der Waals surface area contributed by atoms with E-state index in [1.165, 1.54) is 16.0 Å². The highest BCUT2D eigenvalue weighted by atomic mass is 15.0. The van der Waals surface area contributed by atoms with Crippen molar-refractivity contribution in [3.63, 3.8) is 0 Å². The molecule has 1 aliphatic carbocycles. The number of nitrogens with two attached hydrogens (primary N) is 1. The minimum Gasteiger partial charge on any atom is -0.399 e. The summed E-state index contributed by atoms with van der Waals surface area (Å²) >= 11 is 0. The molecule has 16 heavy (non-hydrogen) atoms. The molecule has 1 aromatic carbocycles. The Morgan fingerprint density at radius 2 is 2.00 bits per heavy atom. The molecule has 0 saturated carbocycles. The van der Waals surface area contributed by atoms with E-state index in [1.807, 2.05) is 6.08 Å². The fourth-order valence-electron chi connectivity index (χ4n) is 2.40. The zero-order valence-corrected chi connectivity index (χ0v) is 9.20. The van der Waals surface area contributed by atoms with Gasteiger partial charge in [-0.15, -0.1) is 0 Å². The molecule has 3 rings (SSSR count). The smallest absolute Gasteiger partial charge is 0.0805 e. The van der Waals surface area contributed by atoms with Gasteiger partial charge in [0.05, 0.1) is 5.54 Å². The standard InChI is InChI=1S/C14H14N2/c1-14-8-11(15)6-7-13(14)12-5-3-2-4-10(12)9-16-14/h2-9,16H,15H2,1H3. The van der Waals surface area contributed by atoms with Crippen molar-refractivity contribution >= 4 is 11.8 Å². The molecule has 2 aliphatic rings. The van der Waals surface area contributed by atoms with Crippen molar-refractivity contribution in [1.29, 1.82) is 0 Å². The summed E-state index contributed by atoms with van der Waals surface area (Å²) < 4.78 is 0. The molecule has 3 N–H and O–H groups in total. The average Bonchev–Trinajstić information content (AvgIpc) is 2.27. The Kier molecular flexibility index (Phi) is 1.75. The second-order valence-electron chi connectivity index (χ2n) is 4.47. The molecule has 80 valence electrons. The minimum atomic E-state index is -0.173. The van der Waals surface area contributed by atoms with Gasteiger partial charge in [0, 0.05) is 11.9 Å². The summed E-state index contributed by atoms with van der Waals surface area (Å²) in [4.78, 5) is 0. The molecule has 1 aliphatic heterocycles. The first-order valence-corrected chi connectivity index (χ1v) is 5.43. The Balaban J connectivity index is 2.39. The fraction of sp³-hybridized carbons (Fsp3) is 0.143. The van der Waals surface area contributed by atoms with Gasteiger partial charge >= 0.3 is 0 Å². The number of fused-ring (bicyclic) bond motifs is 2. The summed E-state index contributed by atoms with van der Waals surface area (Å²) in [6, 6.07) is 8.39. The molecule has 1 heterocycles. The predicted molar refractivity (Wildman–Crippen MR) is 66.5 cm³/mol. The molecule has 1 atom stereocenters. The van der Waals surface area contributed by atoms with Gasteiger partial charge in [-0.3, -0.25) is 0 Å². The lowest BCUT2D eigenvalue weighted by atomic mass is 9.83. The Morgan fingerprint density at radius 1 is 1.19 bits per heavy atom. The van der Waals surface area contributed by atoms with Gasteiger partial charge < -0.3 is 11.1 Å². The second kappa shape index (κ2) is 3.01. The number of rotatable bonds is 0. The van der Waals surface area contributed by atoms with Crippen molar-refractivity contribution in [3.05, 3.63) is 58.6 Å². The van der Waals surface area contributed by atoms with Crippen LogP contribution in [0.2, 0.25) is 0 Å². The van der Waals surface area contributed by atoms with Gasteiger partial charge in [0.15, 0.2) is 0 Å². The van der Waals surface area contributed by atoms with E-state index in [9.17, 15) is 0 Å². The third kappa shape index (κ3) is 1.20. The highest BCUT2D eigenvalue weighted by Gasteiger charge is 2.28. The average molecular weight is 210 g/mol. The summed E-state index contributed by atoms with van der Waals surface area (Å²) in [5, 5.41) is 5.93. The van der Waals surface area contributed by atoms with Crippen LogP contribution in [0.15, 0.2) is 48.2 Å². The Morgan fingerprint density at radius 3 is 2.88 bits per heavy atom. The van der Waals surface area contributed by atoms with E-state index in [0.29, 0.717) is 0 Å². The van der Waals surface area contributed by atoms with E-state index in [-0.39, 0.29) is 5.54 Å². The Bertz CT molecular complexity index is 622. The van der Waals surface area contributed by atoms with E-state index in [0.717, 1.165) is 5.70 Å². The van der Waals surface area contributed by atoms with Gasteiger partial charge in [0.25, 0.3) is 0 Å². The van der Waals surface area contributed by atoms with Crippen LogP contribution in [0.3, 0.4) is 0 Å². The van der Waals surface area contributed by atoms with Crippen molar-refractivity contribution in [1.82, 2.24) is 5.32 Å². The first-order chi connectivity index (χ1) is 7.69. The molecular weight excluding hydrogens is 196 g/mol. The SMILES string of the molecule is CC12C=C(N)C=CC1=c1ccccc1=CN2. The summed E-state index contributed by atoms with van der Waals surface area (Å²) in [5.41, 5.74) is 7.77. The van der Waals surface area contributed by atoms with E-state index in [4.69, 9.17) is 5.73 Å². The van der Waals surface area contributed by atoms with Gasteiger partial charge in [-0.05, 0) is 35.1 Å². The third-order valence-electron chi connectivity index (χ3n) is 3.24. The summed E-state index contributed by atoms with van der Waals surface area (Å²) in [7, 11) is 0. The number of benzene rings is 1. The largest absolute Gasteiger partial charge is 0.399 e. The van der Waals surface area contributed by atoms with E-state index in [1.54, 1.807) is 0 Å². The van der Waals surface area contributed by atoms with Crippen LogP contribution in [-0.4, -0.2) is 5.54 Å². The molecular formula is C14H14N2. The number of nitrogens with one attached hydrogen (secondary N) is 1. The molecule has 0 saturated heterocycles. The monoisotopic (exact) mass is 210 g/mol. The molecule has 1 unspecified atom stereocenters. The first-order valence-electron chi connectivity index (χ1n) is 5.43. The molecule has 1 aromatic rings. The van der Waals surface area contributed by atoms with Crippen molar-refractivity contribution in [2.45, 2.75) is 12.5 Å². The predicted octanol–water partition coefficient (Wildman–Crippen LogP) is 0.350. The quantitative estimate of drug-likeness (QED) is 0.648. The molecule has 0 radical (unpaired) electrons. The van der Waals surface area contributed by atoms with Crippen LogP contribution in [0.1, 0.15) is 6.92 Å². The lowest BCUT2D eigenvalue weighted by molar-refractivity contribution is 0.645. The number of hydrogen-bond donors (Lipinski definition) is 2. The molecule has 2 nitrogen and oxygen atoms in total. The van der Waals surface area contributed by atoms with Crippen molar-refractivity contribution < 1.29 is 0 Å². The first kappa shape index (κ1) is 9.28. The number of hydrogen-bond acceptors (Lipinski definition) is 2. The van der Waals surface area contributed by atoms with Gasteiger partial charge in [-0.2, -0.15) is 0 Å². The van der Waals surface area contributed by atoms with Crippen LogP contribution in [0, 0.1) is 0 Å². The zero-order chi connectivity index (χ0) is 11.2. The lowest BCUT2D eigenvalue weighted by Crippen LogP contribution is -2.50. The zero-order valence-electron chi connectivity index (χ0n) is 9.20. The van der Waals surface area contributed by atoms with Gasteiger partial charge in [-0.1, -0.05) is 30.3 Å². The third-order valence-corrected chi connectivity index (χ3v) is 3.24. The van der Waals surface area contributed by atoms with Gasteiger partial charge in [-0.25, -0.2) is 0 Å². The van der Waals surface area contributed by atoms with E-state index in [2.05, 4.69) is 54.9 Å². The van der Waals surface area contributed by atoms with Crippen LogP contribution in [0.5, 0.6) is 0 Å². The molecule has 0 amide bonds. The van der Waals surface area contributed by atoms with Crippen molar-refractivity contribution in [3.8, 4) is 0 Å².